The predicted molar refractivity (Wildman–Crippen MR) is 101 cm³/mol. The summed E-state index contributed by atoms with van der Waals surface area (Å²) < 4.78 is 6.24. The van der Waals surface area contributed by atoms with E-state index in [2.05, 4.69) is 10.3 Å². The van der Waals surface area contributed by atoms with E-state index in [1.54, 1.807) is 24.3 Å². The standard InChI is InChI=1S/C18H20ClN3O5/c1-11(2)9-22-15(14(13(23)8-19)16(24)21-17(22)25)20-18(26)27-10-12-6-4-3-5-7-12/h3-7,11H,8-10H2,1-2H3,(H,20,26)(H,21,24,25). The fourth-order valence-corrected chi connectivity index (χ4v) is 2.56. The molecule has 0 saturated carbocycles. The number of alkyl halides is 1. The largest absolute Gasteiger partial charge is 0.444 e. The highest BCUT2D eigenvalue weighted by Gasteiger charge is 2.23. The maximum atomic E-state index is 12.2. The first-order chi connectivity index (χ1) is 12.8. The lowest BCUT2D eigenvalue weighted by Crippen LogP contribution is -2.38. The van der Waals surface area contributed by atoms with Crippen LogP contribution in [0, 0.1) is 5.92 Å². The van der Waals surface area contributed by atoms with Crippen molar-refractivity contribution in [1.82, 2.24) is 9.55 Å². The number of halogens is 1. The number of ketones is 1. The smallest absolute Gasteiger partial charge is 0.413 e. The number of aromatic amines is 1. The summed E-state index contributed by atoms with van der Waals surface area (Å²) in [7, 11) is 0. The average Bonchev–Trinajstić information content (AvgIpc) is 2.63. The molecule has 0 atom stereocenters. The van der Waals surface area contributed by atoms with Gasteiger partial charge in [-0.3, -0.25) is 24.5 Å². The Bertz CT molecular complexity index is 934. The van der Waals surface area contributed by atoms with Gasteiger partial charge in [-0.05, 0) is 11.5 Å². The van der Waals surface area contributed by atoms with Crippen molar-refractivity contribution >= 4 is 29.3 Å². The molecule has 0 unspecified atom stereocenters. The van der Waals surface area contributed by atoms with Crippen LogP contribution in [0.1, 0.15) is 29.8 Å². The third-order valence-corrected chi connectivity index (χ3v) is 3.82. The number of anilines is 1. The maximum Gasteiger partial charge on any atom is 0.413 e. The average molecular weight is 394 g/mol. The number of carbonyl (C=O) groups is 2. The molecule has 0 saturated heterocycles. The molecule has 144 valence electrons. The molecule has 0 radical (unpaired) electrons. The third kappa shape index (κ3) is 5.30. The fraction of sp³-hybridized carbons (Fsp3) is 0.333. The van der Waals surface area contributed by atoms with Crippen LogP contribution >= 0.6 is 11.6 Å². The van der Waals surface area contributed by atoms with Crippen LogP contribution in [-0.2, 0) is 17.9 Å². The van der Waals surface area contributed by atoms with E-state index >= 15 is 0 Å². The van der Waals surface area contributed by atoms with Gasteiger partial charge in [0, 0.05) is 6.54 Å². The van der Waals surface area contributed by atoms with Gasteiger partial charge in [0.15, 0.2) is 5.78 Å². The molecule has 1 aromatic carbocycles. The summed E-state index contributed by atoms with van der Waals surface area (Å²) in [5.74, 6) is -1.40. The molecule has 0 spiro atoms. The van der Waals surface area contributed by atoms with Crippen molar-refractivity contribution in [3.05, 3.63) is 62.3 Å². The number of Topliss-reactive ketones (excluding diaryl/α,β-unsaturated/α-hetero) is 1. The zero-order valence-electron chi connectivity index (χ0n) is 15.0. The van der Waals surface area contributed by atoms with Crippen LogP contribution in [0.3, 0.4) is 0 Å². The number of ether oxygens (including phenoxy) is 1. The van der Waals surface area contributed by atoms with Gasteiger partial charge in [-0.15, -0.1) is 11.6 Å². The van der Waals surface area contributed by atoms with E-state index in [4.69, 9.17) is 16.3 Å². The Morgan fingerprint density at radius 1 is 1.22 bits per heavy atom. The first-order valence-corrected chi connectivity index (χ1v) is 8.81. The zero-order chi connectivity index (χ0) is 20.0. The van der Waals surface area contributed by atoms with E-state index in [0.29, 0.717) is 0 Å². The molecular weight excluding hydrogens is 374 g/mol. The van der Waals surface area contributed by atoms with Gasteiger partial charge >= 0.3 is 11.8 Å². The Morgan fingerprint density at radius 2 is 1.89 bits per heavy atom. The van der Waals surface area contributed by atoms with Gasteiger partial charge in [-0.25, -0.2) is 9.59 Å². The minimum atomic E-state index is -0.913. The molecule has 9 heteroatoms. The van der Waals surface area contributed by atoms with Gasteiger partial charge in [0.25, 0.3) is 5.56 Å². The van der Waals surface area contributed by atoms with Crippen LogP contribution in [-0.4, -0.2) is 27.3 Å². The van der Waals surface area contributed by atoms with Crippen LogP contribution in [0.4, 0.5) is 10.6 Å². The molecule has 27 heavy (non-hydrogen) atoms. The number of rotatable bonds is 7. The normalized spacial score (nSPS) is 10.7. The van der Waals surface area contributed by atoms with Gasteiger partial charge in [0.1, 0.15) is 18.0 Å². The number of nitrogens with zero attached hydrogens (tertiary/aromatic N) is 1. The van der Waals surface area contributed by atoms with E-state index in [1.807, 2.05) is 19.9 Å². The minimum absolute atomic E-state index is 0.00782. The third-order valence-electron chi connectivity index (χ3n) is 3.58. The minimum Gasteiger partial charge on any atom is -0.444 e. The number of aromatic nitrogens is 2. The predicted octanol–water partition coefficient (Wildman–Crippen LogP) is 2.36. The Labute approximate surface area is 160 Å². The van der Waals surface area contributed by atoms with Crippen molar-refractivity contribution < 1.29 is 14.3 Å². The molecule has 2 aromatic rings. The summed E-state index contributed by atoms with van der Waals surface area (Å²) in [6, 6.07) is 8.97. The number of amides is 1. The lowest BCUT2D eigenvalue weighted by atomic mass is 10.2. The first kappa shape index (κ1) is 20.4. The summed E-state index contributed by atoms with van der Waals surface area (Å²) >= 11 is 5.57. The van der Waals surface area contributed by atoms with Crippen LogP contribution in [0.5, 0.6) is 0 Å². The molecule has 0 aliphatic heterocycles. The molecule has 8 nitrogen and oxygen atoms in total. The summed E-state index contributed by atoms with van der Waals surface area (Å²) in [4.78, 5) is 50.7. The van der Waals surface area contributed by atoms with E-state index < -0.39 is 29.0 Å². The van der Waals surface area contributed by atoms with Crippen LogP contribution in [0.15, 0.2) is 39.9 Å². The summed E-state index contributed by atoms with van der Waals surface area (Å²) in [5, 5.41) is 2.35. The maximum absolute atomic E-state index is 12.2. The van der Waals surface area contributed by atoms with Crippen molar-refractivity contribution in [2.75, 3.05) is 11.2 Å². The van der Waals surface area contributed by atoms with Crippen LogP contribution in [0.2, 0.25) is 0 Å². The monoisotopic (exact) mass is 393 g/mol. The summed E-state index contributed by atoms with van der Waals surface area (Å²) in [6.45, 7) is 3.85. The van der Waals surface area contributed by atoms with Crippen LogP contribution < -0.4 is 16.6 Å². The van der Waals surface area contributed by atoms with Crippen molar-refractivity contribution in [2.24, 2.45) is 5.92 Å². The quantitative estimate of drug-likeness (QED) is 0.554. The van der Waals surface area contributed by atoms with Crippen molar-refractivity contribution in [2.45, 2.75) is 27.0 Å². The fourth-order valence-electron chi connectivity index (χ4n) is 2.42. The van der Waals surface area contributed by atoms with Crippen molar-refractivity contribution in [3.63, 3.8) is 0 Å². The Hall–Kier alpha value is -2.87. The van der Waals surface area contributed by atoms with E-state index in [-0.39, 0.29) is 30.5 Å². The van der Waals surface area contributed by atoms with E-state index in [0.717, 1.165) is 10.1 Å². The first-order valence-electron chi connectivity index (χ1n) is 8.27. The molecular formula is C18H20ClN3O5. The second-order valence-corrected chi connectivity index (χ2v) is 6.50. The molecule has 1 aromatic heterocycles. The van der Waals surface area contributed by atoms with Crippen LogP contribution in [0.25, 0.3) is 0 Å². The number of hydrogen-bond acceptors (Lipinski definition) is 5. The highest BCUT2D eigenvalue weighted by atomic mass is 35.5. The van der Waals surface area contributed by atoms with Crippen molar-refractivity contribution in [1.29, 1.82) is 0 Å². The van der Waals surface area contributed by atoms with Gasteiger partial charge in [-0.1, -0.05) is 44.2 Å². The second kappa shape index (κ2) is 9.18. The molecule has 2 rings (SSSR count). The molecule has 1 heterocycles. The molecule has 0 aliphatic carbocycles. The SMILES string of the molecule is CC(C)Cn1c(NC(=O)OCc2ccccc2)c(C(=O)CCl)c(=O)[nH]c1=O. The van der Waals surface area contributed by atoms with Crippen molar-refractivity contribution in [3.8, 4) is 0 Å². The second-order valence-electron chi connectivity index (χ2n) is 6.23. The number of carbonyl (C=O) groups excluding carboxylic acids is 2. The molecule has 0 fully saturated rings. The van der Waals surface area contributed by atoms with Gasteiger partial charge < -0.3 is 4.74 Å². The number of nitrogens with one attached hydrogen (secondary N) is 2. The van der Waals surface area contributed by atoms with E-state index in [1.165, 1.54) is 0 Å². The number of hydrogen-bond donors (Lipinski definition) is 2. The topological polar surface area (TPSA) is 110 Å². The van der Waals surface area contributed by atoms with Gasteiger partial charge in [0.2, 0.25) is 0 Å². The Morgan fingerprint density at radius 3 is 2.48 bits per heavy atom. The molecule has 0 bridgehead atoms. The zero-order valence-corrected chi connectivity index (χ0v) is 15.7. The summed E-state index contributed by atoms with van der Waals surface area (Å²) in [5.41, 5.74) is -1.28. The Balaban J connectivity index is 2.36. The van der Waals surface area contributed by atoms with E-state index in [9.17, 15) is 19.2 Å². The summed E-state index contributed by atoms with van der Waals surface area (Å²) in [6.07, 6.45) is -0.898. The molecule has 1 amide bonds. The number of benzene rings is 1. The van der Waals surface area contributed by atoms with Gasteiger partial charge in [0.05, 0.1) is 5.88 Å². The highest BCUT2D eigenvalue weighted by Crippen LogP contribution is 2.14. The lowest BCUT2D eigenvalue weighted by Gasteiger charge is -2.17. The Kier molecular flexibility index (Phi) is 6.95. The van der Waals surface area contributed by atoms with Gasteiger partial charge in [-0.2, -0.15) is 0 Å². The highest BCUT2D eigenvalue weighted by molar-refractivity contribution is 6.31. The molecule has 0 aliphatic rings. The molecule has 2 N–H and O–H groups in total. The lowest BCUT2D eigenvalue weighted by molar-refractivity contribution is 0.101. The number of H-pyrrole nitrogens is 1.